The van der Waals surface area contributed by atoms with Crippen LogP contribution in [0, 0.1) is 0 Å². The van der Waals surface area contributed by atoms with Crippen molar-refractivity contribution >= 4 is 44.6 Å². The molecule has 0 saturated heterocycles. The number of nitrogens with one attached hydrogen (secondary N) is 1. The molecule has 6 nitrogen and oxygen atoms in total. The van der Waals surface area contributed by atoms with E-state index >= 15 is 0 Å². The Morgan fingerprint density at radius 2 is 1.69 bits per heavy atom. The van der Waals surface area contributed by atoms with Crippen LogP contribution in [-0.4, -0.2) is 33.2 Å². The molecule has 1 aromatic heterocycles. The molecular formula is C22H21NO5S. The maximum absolute atomic E-state index is 12.7. The number of carbonyl (C=O) groups is 2. The molecule has 1 heterocycles. The molecule has 0 unspecified atom stereocenters. The van der Waals surface area contributed by atoms with E-state index in [1.807, 2.05) is 36.6 Å². The molecular weight excluding hydrogens is 390 g/mol. The molecule has 29 heavy (non-hydrogen) atoms. The summed E-state index contributed by atoms with van der Waals surface area (Å²) in [5.41, 5.74) is 2.27. The molecule has 7 heteroatoms. The maximum atomic E-state index is 12.7. The van der Waals surface area contributed by atoms with Crippen LogP contribution in [0.25, 0.3) is 15.7 Å². The molecule has 3 rings (SSSR count). The smallest absolute Gasteiger partial charge is 0.340 e. The molecule has 0 aliphatic rings. The number of benzene rings is 2. The van der Waals surface area contributed by atoms with Gasteiger partial charge in [-0.1, -0.05) is 18.2 Å². The van der Waals surface area contributed by atoms with Gasteiger partial charge < -0.3 is 19.5 Å². The van der Waals surface area contributed by atoms with E-state index in [4.69, 9.17) is 14.2 Å². The summed E-state index contributed by atoms with van der Waals surface area (Å²) < 4.78 is 16.5. The number of anilines is 1. The number of thiophene rings is 1. The van der Waals surface area contributed by atoms with E-state index in [1.54, 1.807) is 11.3 Å². The quantitative estimate of drug-likeness (QED) is 0.468. The van der Waals surface area contributed by atoms with Crippen LogP contribution in [0.15, 0.2) is 47.9 Å². The number of amides is 1. The van der Waals surface area contributed by atoms with Gasteiger partial charge in [0.05, 0.1) is 32.6 Å². The number of allylic oxidation sites excluding steroid dienone is 1. The molecule has 1 N–H and O–H groups in total. The minimum Gasteiger partial charge on any atom is -0.493 e. The van der Waals surface area contributed by atoms with Gasteiger partial charge in [-0.3, -0.25) is 4.79 Å². The Balaban J connectivity index is 1.93. The highest BCUT2D eigenvalue weighted by Gasteiger charge is 2.19. The minimum absolute atomic E-state index is 0.172. The zero-order valence-electron chi connectivity index (χ0n) is 16.6. The Morgan fingerprint density at radius 3 is 2.38 bits per heavy atom. The maximum Gasteiger partial charge on any atom is 0.340 e. The van der Waals surface area contributed by atoms with Crippen LogP contribution in [0.4, 0.5) is 5.69 Å². The molecule has 0 bridgehead atoms. The first-order valence-electron chi connectivity index (χ1n) is 8.78. The van der Waals surface area contributed by atoms with E-state index in [1.165, 1.54) is 39.5 Å². The Hall–Kier alpha value is -3.32. The van der Waals surface area contributed by atoms with Crippen molar-refractivity contribution in [1.82, 2.24) is 0 Å². The largest absolute Gasteiger partial charge is 0.493 e. The van der Waals surface area contributed by atoms with Crippen molar-refractivity contribution in [2.75, 3.05) is 26.6 Å². The molecule has 2 aromatic carbocycles. The molecule has 0 saturated carbocycles. The fourth-order valence-electron chi connectivity index (χ4n) is 2.99. The Bertz CT molecular complexity index is 1100. The van der Waals surface area contributed by atoms with E-state index < -0.39 is 5.97 Å². The zero-order valence-corrected chi connectivity index (χ0v) is 17.4. The number of ether oxygens (including phenoxy) is 3. The second-order valence-corrected chi connectivity index (χ2v) is 7.12. The topological polar surface area (TPSA) is 73.9 Å². The lowest BCUT2D eigenvalue weighted by Crippen LogP contribution is -2.14. The van der Waals surface area contributed by atoms with Crippen LogP contribution in [0.5, 0.6) is 11.5 Å². The summed E-state index contributed by atoms with van der Waals surface area (Å²) in [6, 6.07) is 11.0. The van der Waals surface area contributed by atoms with Gasteiger partial charge in [0, 0.05) is 22.9 Å². The van der Waals surface area contributed by atoms with Crippen LogP contribution in [0.1, 0.15) is 22.8 Å². The van der Waals surface area contributed by atoms with E-state index in [0.29, 0.717) is 11.5 Å². The van der Waals surface area contributed by atoms with E-state index in [2.05, 4.69) is 5.32 Å². The van der Waals surface area contributed by atoms with Gasteiger partial charge in [-0.2, -0.15) is 0 Å². The number of esters is 1. The van der Waals surface area contributed by atoms with Crippen LogP contribution in [0.3, 0.4) is 0 Å². The number of hydrogen-bond acceptors (Lipinski definition) is 6. The summed E-state index contributed by atoms with van der Waals surface area (Å²) in [4.78, 5) is 24.8. The van der Waals surface area contributed by atoms with Crippen LogP contribution in [-0.2, 0) is 9.53 Å². The average Bonchev–Trinajstić information content (AvgIpc) is 3.17. The molecule has 0 aliphatic carbocycles. The Kier molecular flexibility index (Phi) is 6.19. The van der Waals surface area contributed by atoms with Gasteiger partial charge in [0.2, 0.25) is 5.91 Å². The molecule has 3 aromatic rings. The van der Waals surface area contributed by atoms with E-state index in [9.17, 15) is 9.59 Å². The van der Waals surface area contributed by atoms with E-state index in [0.717, 1.165) is 21.2 Å². The van der Waals surface area contributed by atoms with Gasteiger partial charge in [0.15, 0.2) is 11.5 Å². The first kappa shape index (κ1) is 20.4. The lowest BCUT2D eigenvalue weighted by Gasteiger charge is -2.14. The lowest BCUT2D eigenvalue weighted by atomic mass is 10.1. The van der Waals surface area contributed by atoms with Gasteiger partial charge in [-0.05, 0) is 34.9 Å². The van der Waals surface area contributed by atoms with Gasteiger partial charge in [-0.25, -0.2) is 4.79 Å². The van der Waals surface area contributed by atoms with Gasteiger partial charge in [-0.15, -0.1) is 11.3 Å². The van der Waals surface area contributed by atoms with Gasteiger partial charge in [0.25, 0.3) is 0 Å². The van der Waals surface area contributed by atoms with Crippen molar-refractivity contribution in [3.63, 3.8) is 0 Å². The number of fused-ring (bicyclic) bond motifs is 1. The standard InChI is InChI=1S/C22H21NO5S/c1-13(16-12-29-20-8-6-5-7-14(16)20)9-21(24)23-17-11-19(27-3)18(26-2)10-15(17)22(25)28-4/h5-12H,1-4H3,(H,23,24)/b13-9-. The highest BCUT2D eigenvalue weighted by Crippen LogP contribution is 2.34. The van der Waals surface area contributed by atoms with Crippen molar-refractivity contribution in [1.29, 1.82) is 0 Å². The number of methoxy groups -OCH3 is 3. The summed E-state index contributed by atoms with van der Waals surface area (Å²) in [6.07, 6.45) is 1.51. The van der Waals surface area contributed by atoms with Gasteiger partial charge in [0.1, 0.15) is 0 Å². The Labute approximate surface area is 172 Å². The summed E-state index contributed by atoms with van der Waals surface area (Å²) in [6.45, 7) is 1.88. The van der Waals surface area contributed by atoms with Crippen LogP contribution >= 0.6 is 11.3 Å². The highest BCUT2D eigenvalue weighted by atomic mass is 32.1. The molecule has 0 atom stereocenters. The third-order valence-corrected chi connectivity index (χ3v) is 5.40. The van der Waals surface area contributed by atoms with Crippen molar-refractivity contribution in [3.8, 4) is 11.5 Å². The average molecular weight is 411 g/mol. The number of carbonyl (C=O) groups excluding carboxylic acids is 2. The van der Waals surface area contributed by atoms with E-state index in [-0.39, 0.29) is 17.2 Å². The molecule has 0 radical (unpaired) electrons. The SMILES string of the molecule is COC(=O)c1cc(OC)c(OC)cc1NC(=O)/C=C(/C)c1csc2ccccc12. The van der Waals surface area contributed by atoms with Crippen LogP contribution in [0.2, 0.25) is 0 Å². The number of rotatable bonds is 6. The lowest BCUT2D eigenvalue weighted by molar-refractivity contribution is -0.111. The monoisotopic (exact) mass is 411 g/mol. The fourth-order valence-corrected chi connectivity index (χ4v) is 4.01. The second-order valence-electron chi connectivity index (χ2n) is 6.21. The highest BCUT2D eigenvalue weighted by molar-refractivity contribution is 7.17. The predicted octanol–water partition coefficient (Wildman–Crippen LogP) is 4.75. The Morgan fingerprint density at radius 1 is 1.00 bits per heavy atom. The fraction of sp³-hybridized carbons (Fsp3) is 0.182. The molecule has 1 amide bonds. The number of hydrogen-bond donors (Lipinski definition) is 1. The summed E-state index contributed by atoms with van der Waals surface area (Å²) in [7, 11) is 4.22. The van der Waals surface area contributed by atoms with Crippen LogP contribution < -0.4 is 14.8 Å². The third kappa shape index (κ3) is 4.25. The van der Waals surface area contributed by atoms with Gasteiger partial charge >= 0.3 is 5.97 Å². The first-order valence-corrected chi connectivity index (χ1v) is 9.66. The normalized spacial score (nSPS) is 11.2. The van der Waals surface area contributed by atoms with Crippen molar-refractivity contribution in [3.05, 3.63) is 59.0 Å². The second kappa shape index (κ2) is 8.79. The molecule has 0 aliphatic heterocycles. The molecule has 0 spiro atoms. The minimum atomic E-state index is -0.592. The third-order valence-electron chi connectivity index (χ3n) is 4.44. The predicted molar refractivity (Wildman–Crippen MR) is 115 cm³/mol. The molecule has 150 valence electrons. The summed E-state index contributed by atoms with van der Waals surface area (Å²) >= 11 is 1.63. The first-order chi connectivity index (χ1) is 14.0. The molecule has 0 fully saturated rings. The van der Waals surface area contributed by atoms with Crippen molar-refractivity contribution in [2.45, 2.75) is 6.92 Å². The van der Waals surface area contributed by atoms with Crippen molar-refractivity contribution in [2.24, 2.45) is 0 Å². The summed E-state index contributed by atoms with van der Waals surface area (Å²) in [5.74, 6) is -0.205. The van der Waals surface area contributed by atoms with Crippen molar-refractivity contribution < 1.29 is 23.8 Å². The summed E-state index contributed by atoms with van der Waals surface area (Å²) in [5, 5.41) is 5.87. The zero-order chi connectivity index (χ0) is 21.0.